The highest BCUT2D eigenvalue weighted by atomic mass is 32.1. The van der Waals surface area contributed by atoms with Crippen LogP contribution >= 0.6 is 12.2 Å². The SMILES string of the molecule is CONC(=S)N(C)OC. The first-order chi connectivity index (χ1) is 4.22. The molecule has 5 heteroatoms. The Morgan fingerprint density at radius 2 is 2.11 bits per heavy atom. The summed E-state index contributed by atoms with van der Waals surface area (Å²) in [6.45, 7) is 0. The van der Waals surface area contributed by atoms with E-state index in [1.807, 2.05) is 0 Å². The summed E-state index contributed by atoms with van der Waals surface area (Å²) in [7, 11) is 4.67. The van der Waals surface area contributed by atoms with Crippen LogP contribution in [0.15, 0.2) is 0 Å². The van der Waals surface area contributed by atoms with Gasteiger partial charge in [0.2, 0.25) is 5.11 Å². The van der Waals surface area contributed by atoms with E-state index < -0.39 is 0 Å². The van der Waals surface area contributed by atoms with E-state index in [0.29, 0.717) is 5.11 Å². The van der Waals surface area contributed by atoms with Crippen LogP contribution in [0.3, 0.4) is 0 Å². The maximum Gasteiger partial charge on any atom is 0.217 e. The summed E-state index contributed by atoms with van der Waals surface area (Å²) in [6.07, 6.45) is 0. The van der Waals surface area contributed by atoms with E-state index in [0.717, 1.165) is 0 Å². The first-order valence-corrected chi connectivity index (χ1v) is 2.74. The third-order valence-corrected chi connectivity index (χ3v) is 1.09. The maximum absolute atomic E-state index is 4.74. The topological polar surface area (TPSA) is 33.7 Å². The van der Waals surface area contributed by atoms with Gasteiger partial charge >= 0.3 is 0 Å². The Morgan fingerprint density at radius 3 is 2.44 bits per heavy atom. The quantitative estimate of drug-likeness (QED) is 0.439. The van der Waals surface area contributed by atoms with Gasteiger partial charge in [0, 0.05) is 7.05 Å². The molecule has 0 saturated carbocycles. The van der Waals surface area contributed by atoms with Gasteiger partial charge in [-0.05, 0) is 12.2 Å². The number of hydrogen-bond donors (Lipinski definition) is 1. The molecule has 0 spiro atoms. The van der Waals surface area contributed by atoms with Crippen LogP contribution in [0.1, 0.15) is 0 Å². The Morgan fingerprint density at radius 1 is 1.56 bits per heavy atom. The smallest absolute Gasteiger partial charge is 0.217 e. The van der Waals surface area contributed by atoms with Crippen molar-refractivity contribution in [2.45, 2.75) is 0 Å². The number of hydroxylamine groups is 3. The van der Waals surface area contributed by atoms with Gasteiger partial charge in [0.25, 0.3) is 0 Å². The highest BCUT2D eigenvalue weighted by Gasteiger charge is 1.98. The van der Waals surface area contributed by atoms with Gasteiger partial charge in [0.05, 0.1) is 14.2 Å². The molecule has 0 aliphatic rings. The first-order valence-electron chi connectivity index (χ1n) is 2.33. The third kappa shape index (κ3) is 3.23. The van der Waals surface area contributed by atoms with Crippen LogP contribution in [0.5, 0.6) is 0 Å². The van der Waals surface area contributed by atoms with Gasteiger partial charge in [0.1, 0.15) is 0 Å². The van der Waals surface area contributed by atoms with Crippen molar-refractivity contribution >= 4 is 17.3 Å². The largest absolute Gasteiger partial charge is 0.277 e. The first kappa shape index (κ1) is 8.61. The van der Waals surface area contributed by atoms with E-state index in [4.69, 9.17) is 17.1 Å². The molecule has 9 heavy (non-hydrogen) atoms. The highest BCUT2D eigenvalue weighted by molar-refractivity contribution is 7.80. The van der Waals surface area contributed by atoms with Crippen LogP contribution in [-0.2, 0) is 9.68 Å². The fourth-order valence-electron chi connectivity index (χ4n) is 0.234. The second-order valence-corrected chi connectivity index (χ2v) is 1.68. The molecule has 0 aromatic heterocycles. The fraction of sp³-hybridized carbons (Fsp3) is 0.750. The Balaban J connectivity index is 3.46. The van der Waals surface area contributed by atoms with Crippen molar-refractivity contribution in [3.8, 4) is 0 Å². The van der Waals surface area contributed by atoms with E-state index >= 15 is 0 Å². The highest BCUT2D eigenvalue weighted by Crippen LogP contribution is 1.81. The summed E-state index contributed by atoms with van der Waals surface area (Å²) in [4.78, 5) is 9.23. The molecular formula is C4H10N2O2S. The van der Waals surface area contributed by atoms with Crippen LogP contribution < -0.4 is 5.48 Å². The molecular weight excluding hydrogens is 140 g/mol. The summed E-state index contributed by atoms with van der Waals surface area (Å²) in [5, 5.41) is 1.76. The fourth-order valence-corrected chi connectivity index (χ4v) is 0.392. The van der Waals surface area contributed by atoms with Gasteiger partial charge in [-0.2, -0.15) is 0 Å². The normalized spacial score (nSPS) is 8.78. The van der Waals surface area contributed by atoms with Crippen LogP contribution in [0, 0.1) is 0 Å². The van der Waals surface area contributed by atoms with E-state index in [-0.39, 0.29) is 0 Å². The van der Waals surface area contributed by atoms with Crippen LogP contribution in [0.25, 0.3) is 0 Å². The van der Waals surface area contributed by atoms with E-state index in [2.05, 4.69) is 10.3 Å². The standard InChI is InChI=1S/C4H10N2O2S/c1-6(8-3)4(9)5-7-2/h1-3H3,(H,5,9). The number of nitrogens with zero attached hydrogens (tertiary/aromatic N) is 1. The second kappa shape index (κ2) is 4.49. The summed E-state index contributed by atoms with van der Waals surface area (Å²) < 4.78 is 0. The van der Waals surface area contributed by atoms with Crippen LogP contribution in [-0.4, -0.2) is 31.4 Å². The lowest BCUT2D eigenvalue weighted by atomic mass is 11.0. The van der Waals surface area contributed by atoms with Crippen molar-refractivity contribution in [2.75, 3.05) is 21.3 Å². The minimum absolute atomic E-state index is 0.389. The van der Waals surface area contributed by atoms with Crippen molar-refractivity contribution < 1.29 is 9.68 Å². The molecule has 0 atom stereocenters. The zero-order valence-corrected chi connectivity index (χ0v) is 6.49. The van der Waals surface area contributed by atoms with Crippen LogP contribution in [0.4, 0.5) is 0 Å². The number of nitrogens with one attached hydrogen (secondary N) is 1. The van der Waals surface area contributed by atoms with E-state index in [1.54, 1.807) is 7.05 Å². The van der Waals surface area contributed by atoms with Gasteiger partial charge < -0.3 is 0 Å². The predicted molar refractivity (Wildman–Crippen MR) is 37.5 cm³/mol. The average Bonchev–Trinajstić information content (AvgIpc) is 1.87. The summed E-state index contributed by atoms with van der Waals surface area (Å²) in [5.74, 6) is 0. The molecule has 0 aliphatic carbocycles. The summed E-state index contributed by atoms with van der Waals surface area (Å²) in [5.41, 5.74) is 2.43. The molecule has 1 N–H and O–H groups in total. The Kier molecular flexibility index (Phi) is 4.29. The number of thiocarbonyl (C=S) groups is 1. The summed E-state index contributed by atoms with van der Waals surface area (Å²) in [6, 6.07) is 0. The lowest BCUT2D eigenvalue weighted by Gasteiger charge is -2.15. The lowest BCUT2D eigenvalue weighted by Crippen LogP contribution is -2.35. The van der Waals surface area contributed by atoms with Gasteiger partial charge in [-0.3, -0.25) is 9.68 Å². The van der Waals surface area contributed by atoms with Crippen molar-refractivity contribution in [3.05, 3.63) is 0 Å². The molecule has 0 radical (unpaired) electrons. The number of hydrogen-bond acceptors (Lipinski definition) is 3. The van der Waals surface area contributed by atoms with Gasteiger partial charge in [-0.15, -0.1) is 0 Å². The predicted octanol–water partition coefficient (Wildman–Crippen LogP) is -0.0845. The molecule has 0 aromatic carbocycles. The van der Waals surface area contributed by atoms with Crippen molar-refractivity contribution in [1.82, 2.24) is 10.5 Å². The second-order valence-electron chi connectivity index (χ2n) is 1.29. The van der Waals surface area contributed by atoms with Gasteiger partial charge in [0.15, 0.2) is 0 Å². The molecule has 0 aliphatic heterocycles. The van der Waals surface area contributed by atoms with Crippen molar-refractivity contribution in [3.63, 3.8) is 0 Å². The van der Waals surface area contributed by atoms with Crippen molar-refractivity contribution in [2.24, 2.45) is 0 Å². The Hall–Kier alpha value is -0.390. The monoisotopic (exact) mass is 150 g/mol. The molecule has 54 valence electrons. The van der Waals surface area contributed by atoms with E-state index in [1.165, 1.54) is 19.3 Å². The molecule has 0 aromatic rings. The van der Waals surface area contributed by atoms with E-state index in [9.17, 15) is 0 Å². The Labute approximate surface area is 59.6 Å². The zero-order chi connectivity index (χ0) is 7.28. The Bertz CT molecular complexity index is 98.6. The molecule has 0 fully saturated rings. The maximum atomic E-state index is 4.74. The van der Waals surface area contributed by atoms with Crippen LogP contribution in [0.2, 0.25) is 0 Å². The van der Waals surface area contributed by atoms with Crippen molar-refractivity contribution in [1.29, 1.82) is 0 Å². The molecule has 0 heterocycles. The molecule has 4 nitrogen and oxygen atoms in total. The molecule has 0 saturated heterocycles. The zero-order valence-electron chi connectivity index (χ0n) is 5.67. The molecule has 0 rings (SSSR count). The molecule has 0 bridgehead atoms. The minimum Gasteiger partial charge on any atom is -0.277 e. The molecule has 0 amide bonds. The minimum atomic E-state index is 0.389. The average molecular weight is 150 g/mol. The van der Waals surface area contributed by atoms with Gasteiger partial charge in [-0.25, -0.2) is 10.5 Å². The molecule has 0 unspecified atom stereocenters. The lowest BCUT2D eigenvalue weighted by molar-refractivity contribution is -0.0516. The third-order valence-electron chi connectivity index (χ3n) is 0.749. The van der Waals surface area contributed by atoms with Gasteiger partial charge in [-0.1, -0.05) is 0 Å². The summed E-state index contributed by atoms with van der Waals surface area (Å²) >= 11 is 4.74. The number of rotatable bonds is 2.